The number of ether oxygens (including phenoxy) is 1. The van der Waals surface area contributed by atoms with Gasteiger partial charge in [-0.05, 0) is 24.6 Å². The molecule has 3 rings (SSSR count). The van der Waals surface area contributed by atoms with Gasteiger partial charge in [0.15, 0.2) is 0 Å². The van der Waals surface area contributed by atoms with Gasteiger partial charge in [-0.2, -0.15) is 0 Å². The van der Waals surface area contributed by atoms with Crippen LogP contribution in [0.4, 0.5) is 5.82 Å². The fourth-order valence-electron chi connectivity index (χ4n) is 2.51. The van der Waals surface area contributed by atoms with E-state index >= 15 is 0 Å². The highest BCUT2D eigenvalue weighted by Crippen LogP contribution is 2.23. The van der Waals surface area contributed by atoms with Gasteiger partial charge in [0.2, 0.25) is 0 Å². The molecule has 128 valence electrons. The number of hydrogen-bond acceptors (Lipinski definition) is 5. The zero-order chi connectivity index (χ0) is 16.9. The van der Waals surface area contributed by atoms with Crippen molar-refractivity contribution in [3.05, 3.63) is 44.7 Å². The third kappa shape index (κ3) is 4.06. The van der Waals surface area contributed by atoms with Crippen molar-refractivity contribution in [2.75, 3.05) is 31.6 Å². The third-order valence-electron chi connectivity index (χ3n) is 3.88. The average Bonchev–Trinajstić information content (AvgIpc) is 3.09. The van der Waals surface area contributed by atoms with E-state index in [2.05, 4.69) is 29.4 Å². The van der Waals surface area contributed by atoms with Gasteiger partial charge < -0.3 is 15.0 Å². The topological polar surface area (TPSA) is 54.5 Å². The van der Waals surface area contributed by atoms with Gasteiger partial charge in [0, 0.05) is 29.0 Å². The van der Waals surface area contributed by atoms with Crippen molar-refractivity contribution in [2.24, 2.45) is 0 Å². The molecule has 0 saturated carbocycles. The molecule has 0 aliphatic carbocycles. The maximum absolute atomic E-state index is 12.4. The molecule has 0 spiro atoms. The van der Waals surface area contributed by atoms with Crippen LogP contribution in [0.5, 0.6) is 0 Å². The van der Waals surface area contributed by atoms with Crippen LogP contribution in [0.1, 0.15) is 27.0 Å². The van der Waals surface area contributed by atoms with E-state index in [0.717, 1.165) is 6.42 Å². The SMILES string of the molecule is CCc1ccc(CNc2ncc(C(=O)N3CCOCC3)cc2Cl)s1. The fraction of sp³-hybridized carbons (Fsp3) is 0.412. The van der Waals surface area contributed by atoms with Crippen molar-refractivity contribution in [3.8, 4) is 0 Å². The Labute approximate surface area is 150 Å². The number of pyridine rings is 1. The highest BCUT2D eigenvalue weighted by molar-refractivity contribution is 7.12. The molecule has 0 aromatic carbocycles. The summed E-state index contributed by atoms with van der Waals surface area (Å²) in [5, 5.41) is 3.69. The molecule has 1 saturated heterocycles. The standard InChI is InChI=1S/C17H20ClN3O2S/c1-2-13-3-4-14(24-13)11-20-16-15(18)9-12(10-19-16)17(22)21-5-7-23-8-6-21/h3-4,9-10H,2,5-8,11H2,1H3,(H,19,20). The van der Waals surface area contributed by atoms with Gasteiger partial charge in [-0.15, -0.1) is 11.3 Å². The zero-order valence-corrected chi connectivity index (χ0v) is 15.1. The van der Waals surface area contributed by atoms with Gasteiger partial charge in [-0.3, -0.25) is 4.79 Å². The highest BCUT2D eigenvalue weighted by atomic mass is 35.5. The van der Waals surface area contributed by atoms with E-state index in [4.69, 9.17) is 16.3 Å². The van der Waals surface area contributed by atoms with Gasteiger partial charge >= 0.3 is 0 Å². The summed E-state index contributed by atoms with van der Waals surface area (Å²) in [6.07, 6.45) is 2.62. The molecule has 0 unspecified atom stereocenters. The van der Waals surface area contributed by atoms with Gasteiger partial charge in [0.05, 0.1) is 30.3 Å². The first-order chi connectivity index (χ1) is 11.7. The molecule has 3 heterocycles. The number of hydrogen-bond donors (Lipinski definition) is 1. The Morgan fingerprint density at radius 2 is 2.12 bits per heavy atom. The smallest absolute Gasteiger partial charge is 0.255 e. The number of aromatic nitrogens is 1. The van der Waals surface area contributed by atoms with Crippen molar-refractivity contribution >= 4 is 34.7 Å². The molecule has 7 heteroatoms. The second kappa shape index (κ2) is 7.96. The van der Waals surface area contributed by atoms with E-state index in [1.165, 1.54) is 9.75 Å². The molecule has 1 N–H and O–H groups in total. The molecular formula is C17H20ClN3O2S. The normalized spacial score (nSPS) is 14.7. The largest absolute Gasteiger partial charge is 0.378 e. The molecule has 1 amide bonds. The summed E-state index contributed by atoms with van der Waals surface area (Å²) >= 11 is 8.07. The number of halogens is 1. The average molecular weight is 366 g/mol. The van der Waals surface area contributed by atoms with Crippen LogP contribution in [0.25, 0.3) is 0 Å². The number of rotatable bonds is 5. The monoisotopic (exact) mass is 365 g/mol. The molecule has 1 fully saturated rings. The Hall–Kier alpha value is -1.63. The summed E-state index contributed by atoms with van der Waals surface area (Å²) in [7, 11) is 0. The van der Waals surface area contributed by atoms with Crippen LogP contribution in [0, 0.1) is 0 Å². The number of anilines is 1. The number of nitrogens with zero attached hydrogens (tertiary/aromatic N) is 2. The van der Waals surface area contributed by atoms with Crippen LogP contribution in [0.2, 0.25) is 5.02 Å². The second-order valence-electron chi connectivity index (χ2n) is 5.53. The first-order valence-electron chi connectivity index (χ1n) is 8.01. The Morgan fingerprint density at radius 3 is 2.79 bits per heavy atom. The molecule has 0 radical (unpaired) electrons. The van der Waals surface area contributed by atoms with E-state index in [0.29, 0.717) is 49.3 Å². The minimum atomic E-state index is -0.0508. The van der Waals surface area contributed by atoms with Crippen LogP contribution in [0.3, 0.4) is 0 Å². The summed E-state index contributed by atoms with van der Waals surface area (Å²) in [6.45, 7) is 5.18. The van der Waals surface area contributed by atoms with Crippen LogP contribution < -0.4 is 5.32 Å². The number of thiophene rings is 1. The fourth-order valence-corrected chi connectivity index (χ4v) is 3.64. The van der Waals surface area contributed by atoms with Crippen LogP contribution >= 0.6 is 22.9 Å². The molecule has 2 aromatic heterocycles. The third-order valence-corrected chi connectivity index (χ3v) is 5.40. The second-order valence-corrected chi connectivity index (χ2v) is 7.19. The minimum absolute atomic E-state index is 0.0508. The van der Waals surface area contributed by atoms with Gasteiger partial charge in [0.1, 0.15) is 5.82 Å². The maximum atomic E-state index is 12.4. The quantitative estimate of drug-likeness (QED) is 0.881. The number of carbonyl (C=O) groups excluding carboxylic acids is 1. The molecule has 1 aliphatic heterocycles. The van der Waals surface area contributed by atoms with Gasteiger partial charge in [-0.25, -0.2) is 4.98 Å². The maximum Gasteiger partial charge on any atom is 0.255 e. The lowest BCUT2D eigenvalue weighted by atomic mass is 10.2. The number of morpholine rings is 1. The van der Waals surface area contributed by atoms with Crippen LogP contribution in [-0.4, -0.2) is 42.1 Å². The number of carbonyl (C=O) groups is 1. The van der Waals surface area contributed by atoms with Crippen molar-refractivity contribution in [3.63, 3.8) is 0 Å². The predicted octanol–water partition coefficient (Wildman–Crippen LogP) is 3.44. The lowest BCUT2D eigenvalue weighted by Crippen LogP contribution is -2.40. The first-order valence-corrected chi connectivity index (χ1v) is 9.21. The Kier molecular flexibility index (Phi) is 5.71. The molecule has 0 bridgehead atoms. The summed E-state index contributed by atoms with van der Waals surface area (Å²) in [6, 6.07) is 5.93. The number of aryl methyl sites for hydroxylation is 1. The van der Waals surface area contributed by atoms with Crippen molar-refractivity contribution in [2.45, 2.75) is 19.9 Å². The Bertz CT molecular complexity index is 714. The van der Waals surface area contributed by atoms with Gasteiger partial charge in [-0.1, -0.05) is 18.5 Å². The van der Waals surface area contributed by atoms with E-state index in [9.17, 15) is 4.79 Å². The molecule has 5 nitrogen and oxygen atoms in total. The predicted molar refractivity (Wildman–Crippen MR) is 97.0 cm³/mol. The summed E-state index contributed by atoms with van der Waals surface area (Å²) in [5.41, 5.74) is 0.511. The lowest BCUT2D eigenvalue weighted by Gasteiger charge is -2.26. The molecule has 24 heavy (non-hydrogen) atoms. The highest BCUT2D eigenvalue weighted by Gasteiger charge is 2.19. The van der Waals surface area contributed by atoms with E-state index in [1.807, 2.05) is 0 Å². The van der Waals surface area contributed by atoms with Crippen molar-refractivity contribution in [1.82, 2.24) is 9.88 Å². The zero-order valence-electron chi connectivity index (χ0n) is 13.5. The lowest BCUT2D eigenvalue weighted by molar-refractivity contribution is 0.0302. The molecule has 2 aromatic rings. The van der Waals surface area contributed by atoms with Gasteiger partial charge in [0.25, 0.3) is 5.91 Å². The Morgan fingerprint density at radius 1 is 1.38 bits per heavy atom. The van der Waals surface area contributed by atoms with Crippen molar-refractivity contribution in [1.29, 1.82) is 0 Å². The molecular weight excluding hydrogens is 346 g/mol. The number of nitrogens with one attached hydrogen (secondary N) is 1. The number of amides is 1. The van der Waals surface area contributed by atoms with E-state index < -0.39 is 0 Å². The van der Waals surface area contributed by atoms with Crippen LogP contribution in [0.15, 0.2) is 24.4 Å². The molecule has 0 atom stereocenters. The van der Waals surface area contributed by atoms with E-state index in [1.54, 1.807) is 28.5 Å². The van der Waals surface area contributed by atoms with Crippen molar-refractivity contribution < 1.29 is 9.53 Å². The Balaban J connectivity index is 1.64. The first kappa shape index (κ1) is 17.2. The minimum Gasteiger partial charge on any atom is -0.378 e. The van der Waals surface area contributed by atoms with E-state index in [-0.39, 0.29) is 5.91 Å². The molecule has 1 aliphatic rings. The summed E-state index contributed by atoms with van der Waals surface area (Å²) in [4.78, 5) is 21.1. The van der Waals surface area contributed by atoms with Crippen LogP contribution in [-0.2, 0) is 17.7 Å². The summed E-state index contributed by atoms with van der Waals surface area (Å²) < 4.78 is 5.27. The summed E-state index contributed by atoms with van der Waals surface area (Å²) in [5.74, 6) is 0.548.